The molecule has 0 bridgehead atoms. The molecule has 2 N–H and O–H groups in total. The van der Waals surface area contributed by atoms with Crippen molar-refractivity contribution in [2.45, 2.75) is 13.3 Å². The van der Waals surface area contributed by atoms with E-state index in [9.17, 15) is 9.90 Å². The number of aromatic nitrogens is 1. The molecule has 0 saturated carbocycles. The predicted octanol–water partition coefficient (Wildman–Crippen LogP) is 4.62. The number of aromatic amines is 1. The number of amides is 1. The molecular formula is C20H17ClN2O2. The van der Waals surface area contributed by atoms with Crippen molar-refractivity contribution in [3.63, 3.8) is 0 Å². The second-order valence-electron chi connectivity index (χ2n) is 6.28. The highest BCUT2D eigenvalue weighted by Crippen LogP contribution is 2.35. The van der Waals surface area contributed by atoms with Crippen LogP contribution in [0, 0.1) is 6.92 Å². The molecule has 3 aromatic rings. The number of carbonyl (C=O) groups excluding carboxylic acids is 1. The van der Waals surface area contributed by atoms with Crippen LogP contribution in [-0.2, 0) is 11.2 Å². The van der Waals surface area contributed by atoms with Crippen molar-refractivity contribution >= 4 is 40.0 Å². The van der Waals surface area contributed by atoms with Crippen LogP contribution in [0.2, 0.25) is 5.02 Å². The number of nitrogens with zero attached hydrogens (tertiary/aromatic N) is 1. The first-order valence-electron chi connectivity index (χ1n) is 8.12. The number of nitrogens with one attached hydrogen (secondary N) is 1. The van der Waals surface area contributed by atoms with Crippen LogP contribution in [0.25, 0.3) is 16.7 Å². The van der Waals surface area contributed by atoms with Gasteiger partial charge in [-0.2, -0.15) is 0 Å². The van der Waals surface area contributed by atoms with Crippen molar-refractivity contribution in [3.8, 4) is 0 Å². The van der Waals surface area contributed by atoms with Gasteiger partial charge < -0.3 is 10.1 Å². The number of halogens is 1. The Morgan fingerprint density at radius 2 is 2.00 bits per heavy atom. The van der Waals surface area contributed by atoms with Crippen LogP contribution in [0.5, 0.6) is 0 Å². The van der Waals surface area contributed by atoms with Gasteiger partial charge >= 0.3 is 0 Å². The minimum Gasteiger partial charge on any atom is -0.507 e. The van der Waals surface area contributed by atoms with Crippen LogP contribution < -0.4 is 4.90 Å². The van der Waals surface area contributed by atoms with Crippen LogP contribution in [-0.4, -0.2) is 22.5 Å². The number of aryl methyl sites for hydroxylation is 1. The van der Waals surface area contributed by atoms with Gasteiger partial charge in [0.1, 0.15) is 11.6 Å². The zero-order valence-corrected chi connectivity index (χ0v) is 14.5. The van der Waals surface area contributed by atoms with Gasteiger partial charge in [-0.15, -0.1) is 0 Å². The van der Waals surface area contributed by atoms with E-state index in [1.165, 1.54) is 11.6 Å². The maximum Gasteiger partial charge on any atom is 0.255 e. The zero-order chi connectivity index (χ0) is 17.6. The fourth-order valence-corrected chi connectivity index (χ4v) is 3.41. The summed E-state index contributed by atoms with van der Waals surface area (Å²) in [4.78, 5) is 17.7. The third-order valence-electron chi connectivity index (χ3n) is 4.56. The van der Waals surface area contributed by atoms with Gasteiger partial charge in [-0.05, 0) is 49.7 Å². The zero-order valence-electron chi connectivity index (χ0n) is 13.7. The van der Waals surface area contributed by atoms with Crippen molar-refractivity contribution in [1.29, 1.82) is 0 Å². The number of benzene rings is 2. The van der Waals surface area contributed by atoms with Gasteiger partial charge in [0.15, 0.2) is 0 Å². The van der Waals surface area contributed by atoms with Crippen molar-refractivity contribution < 1.29 is 9.90 Å². The molecular weight excluding hydrogens is 336 g/mol. The molecule has 0 radical (unpaired) electrons. The number of rotatable bonds is 2. The molecule has 1 aliphatic heterocycles. The molecule has 0 fully saturated rings. The summed E-state index contributed by atoms with van der Waals surface area (Å²) in [6.45, 7) is 2.66. The van der Waals surface area contributed by atoms with Crippen LogP contribution in [0.3, 0.4) is 0 Å². The summed E-state index contributed by atoms with van der Waals surface area (Å²) in [6, 6.07) is 12.9. The van der Waals surface area contributed by atoms with Crippen molar-refractivity contribution in [2.75, 3.05) is 11.4 Å². The lowest BCUT2D eigenvalue weighted by atomic mass is 10.1. The fourth-order valence-electron chi connectivity index (χ4n) is 3.29. The normalized spacial score (nSPS) is 14.2. The molecule has 0 spiro atoms. The number of hydrogen-bond donors (Lipinski definition) is 2. The largest absolute Gasteiger partial charge is 0.507 e. The number of anilines is 1. The Bertz CT molecular complexity index is 1000. The molecule has 2 heterocycles. The number of carbonyl (C=O) groups is 1. The molecule has 0 aliphatic carbocycles. The average Bonchev–Trinajstić information content (AvgIpc) is 3.14. The van der Waals surface area contributed by atoms with E-state index < -0.39 is 0 Å². The number of aliphatic hydroxyl groups is 1. The Kier molecular flexibility index (Phi) is 3.77. The summed E-state index contributed by atoms with van der Waals surface area (Å²) < 4.78 is 0. The molecule has 25 heavy (non-hydrogen) atoms. The molecule has 5 heteroatoms. The SMILES string of the molecule is Cc1ccc2[nH]c3c(c2c1)CCN3C(=O)/C=C(\O)c1ccc(Cl)cc1. The van der Waals surface area contributed by atoms with Gasteiger partial charge in [0.25, 0.3) is 5.91 Å². The molecule has 1 aromatic heterocycles. The van der Waals surface area contributed by atoms with Crippen molar-refractivity contribution in [1.82, 2.24) is 4.98 Å². The smallest absolute Gasteiger partial charge is 0.255 e. The lowest BCUT2D eigenvalue weighted by molar-refractivity contribution is -0.114. The van der Waals surface area contributed by atoms with E-state index in [-0.39, 0.29) is 11.7 Å². The first kappa shape index (κ1) is 15.8. The number of aliphatic hydroxyl groups excluding tert-OH is 1. The van der Waals surface area contributed by atoms with Gasteiger partial charge in [-0.25, -0.2) is 0 Å². The highest BCUT2D eigenvalue weighted by Gasteiger charge is 2.27. The lowest BCUT2D eigenvalue weighted by Crippen LogP contribution is -2.27. The summed E-state index contributed by atoms with van der Waals surface area (Å²) in [7, 11) is 0. The maximum absolute atomic E-state index is 12.6. The Balaban J connectivity index is 1.66. The van der Waals surface area contributed by atoms with E-state index in [2.05, 4.69) is 18.0 Å². The second kappa shape index (κ2) is 5.97. The van der Waals surface area contributed by atoms with Gasteiger partial charge in [0.05, 0.1) is 0 Å². The molecule has 0 saturated heterocycles. The first-order valence-corrected chi connectivity index (χ1v) is 8.50. The quantitative estimate of drug-likeness (QED) is 0.522. The number of H-pyrrole nitrogens is 1. The summed E-state index contributed by atoms with van der Waals surface area (Å²) in [5.41, 5.74) is 3.94. The molecule has 126 valence electrons. The van der Waals surface area contributed by atoms with Crippen LogP contribution >= 0.6 is 11.6 Å². The van der Waals surface area contributed by atoms with Gasteiger partial charge in [-0.1, -0.05) is 23.2 Å². The van der Waals surface area contributed by atoms with E-state index in [0.717, 1.165) is 28.7 Å². The van der Waals surface area contributed by atoms with Crippen molar-refractivity contribution in [2.24, 2.45) is 0 Å². The Hall–Kier alpha value is -2.72. The molecule has 4 nitrogen and oxygen atoms in total. The number of hydrogen-bond acceptors (Lipinski definition) is 2. The van der Waals surface area contributed by atoms with Gasteiger partial charge in [-0.3, -0.25) is 9.69 Å². The monoisotopic (exact) mass is 352 g/mol. The summed E-state index contributed by atoms with van der Waals surface area (Å²) in [6.07, 6.45) is 2.06. The van der Waals surface area contributed by atoms with Crippen LogP contribution in [0.4, 0.5) is 5.82 Å². The Morgan fingerprint density at radius 3 is 2.76 bits per heavy atom. The maximum atomic E-state index is 12.6. The first-order chi connectivity index (χ1) is 12.0. The highest BCUT2D eigenvalue weighted by atomic mass is 35.5. The third-order valence-corrected chi connectivity index (χ3v) is 4.81. The number of fused-ring (bicyclic) bond motifs is 3. The van der Waals surface area contributed by atoms with E-state index >= 15 is 0 Å². The Labute approximate surface area is 150 Å². The van der Waals surface area contributed by atoms with Crippen molar-refractivity contribution in [3.05, 3.63) is 70.3 Å². The van der Waals surface area contributed by atoms with E-state index in [1.807, 2.05) is 12.1 Å². The topological polar surface area (TPSA) is 56.3 Å². The van der Waals surface area contributed by atoms with E-state index in [1.54, 1.807) is 29.2 Å². The van der Waals surface area contributed by atoms with Crippen LogP contribution in [0.15, 0.2) is 48.5 Å². The minimum atomic E-state index is -0.241. The minimum absolute atomic E-state index is 0.0675. The third kappa shape index (κ3) is 2.79. The van der Waals surface area contributed by atoms with Gasteiger partial charge in [0, 0.05) is 39.7 Å². The molecule has 0 unspecified atom stereocenters. The lowest BCUT2D eigenvalue weighted by Gasteiger charge is -2.13. The van der Waals surface area contributed by atoms with Gasteiger partial charge in [0.2, 0.25) is 0 Å². The molecule has 0 atom stereocenters. The van der Waals surface area contributed by atoms with E-state index in [4.69, 9.17) is 11.6 Å². The molecule has 4 rings (SSSR count). The standard InChI is InChI=1S/C20H17ClN2O2/c1-12-2-7-17-16(10-12)15-8-9-23(20(15)22-17)19(25)11-18(24)13-3-5-14(21)6-4-13/h2-7,10-11,22,24H,8-9H2,1H3/b18-11-. The summed E-state index contributed by atoms with van der Waals surface area (Å²) in [5, 5.41) is 12.0. The highest BCUT2D eigenvalue weighted by molar-refractivity contribution is 6.30. The molecule has 2 aromatic carbocycles. The summed E-state index contributed by atoms with van der Waals surface area (Å²) >= 11 is 5.85. The second-order valence-corrected chi connectivity index (χ2v) is 6.71. The van der Waals surface area contributed by atoms with Crippen LogP contribution in [0.1, 0.15) is 16.7 Å². The predicted molar refractivity (Wildman–Crippen MR) is 101 cm³/mol. The fraction of sp³-hybridized carbons (Fsp3) is 0.150. The summed E-state index contributed by atoms with van der Waals surface area (Å²) in [5.74, 6) is 0.516. The molecule has 1 amide bonds. The average molecular weight is 353 g/mol. The Morgan fingerprint density at radius 1 is 1.24 bits per heavy atom. The molecule has 1 aliphatic rings. The van der Waals surface area contributed by atoms with E-state index in [0.29, 0.717) is 17.1 Å².